The maximum absolute atomic E-state index is 4.93. The molecule has 1 atom stereocenters. The fourth-order valence-electron chi connectivity index (χ4n) is 3.33. The second-order valence-electron chi connectivity index (χ2n) is 5.75. The molecule has 0 unspecified atom stereocenters. The summed E-state index contributed by atoms with van der Waals surface area (Å²) in [5, 5.41) is 8.45. The molecule has 3 nitrogen and oxygen atoms in total. The minimum absolute atomic E-state index is 0.507. The molecular weight excluding hydrogens is 210 g/mol. The predicted octanol–water partition coefficient (Wildman–Crippen LogP) is 2.42. The van der Waals surface area contributed by atoms with Gasteiger partial charge in [-0.3, -0.25) is 4.68 Å². The zero-order chi connectivity index (χ0) is 11.8. The average molecular weight is 233 g/mol. The van der Waals surface area contributed by atoms with Gasteiger partial charge in [0.1, 0.15) is 0 Å². The van der Waals surface area contributed by atoms with Gasteiger partial charge >= 0.3 is 0 Å². The predicted molar refractivity (Wildman–Crippen MR) is 69.5 cm³/mol. The van der Waals surface area contributed by atoms with E-state index in [0.29, 0.717) is 12.0 Å². The van der Waals surface area contributed by atoms with Crippen molar-refractivity contribution in [3.63, 3.8) is 0 Å². The molecule has 0 bridgehead atoms. The van der Waals surface area contributed by atoms with Crippen LogP contribution < -0.4 is 5.32 Å². The quantitative estimate of drug-likeness (QED) is 0.850. The molecule has 0 saturated carbocycles. The number of hydrogen-bond acceptors (Lipinski definition) is 2. The smallest absolute Gasteiger partial charge is 0.0703 e. The Kier molecular flexibility index (Phi) is 2.95. The van der Waals surface area contributed by atoms with Crippen molar-refractivity contribution in [1.82, 2.24) is 15.1 Å². The van der Waals surface area contributed by atoms with E-state index in [9.17, 15) is 0 Å². The van der Waals surface area contributed by atoms with Gasteiger partial charge in [0.05, 0.1) is 5.69 Å². The SMILES string of the molecule is CC(C)n1nc([C@H]2CCCNC2)c2c1CCC2. The van der Waals surface area contributed by atoms with Crippen LogP contribution in [0.15, 0.2) is 0 Å². The Labute approximate surface area is 104 Å². The lowest BCUT2D eigenvalue weighted by atomic mass is 9.93. The van der Waals surface area contributed by atoms with Gasteiger partial charge in [0, 0.05) is 24.2 Å². The van der Waals surface area contributed by atoms with E-state index in [1.807, 2.05) is 0 Å². The van der Waals surface area contributed by atoms with Gasteiger partial charge in [0.15, 0.2) is 0 Å². The van der Waals surface area contributed by atoms with Gasteiger partial charge in [-0.05, 0) is 58.1 Å². The lowest BCUT2D eigenvalue weighted by Gasteiger charge is -2.22. The Bertz CT molecular complexity index is 400. The zero-order valence-corrected chi connectivity index (χ0v) is 11.0. The van der Waals surface area contributed by atoms with E-state index in [4.69, 9.17) is 5.10 Å². The summed E-state index contributed by atoms with van der Waals surface area (Å²) in [4.78, 5) is 0. The topological polar surface area (TPSA) is 29.9 Å². The van der Waals surface area contributed by atoms with E-state index in [2.05, 4.69) is 23.8 Å². The van der Waals surface area contributed by atoms with Gasteiger partial charge in [-0.1, -0.05) is 0 Å². The molecule has 17 heavy (non-hydrogen) atoms. The van der Waals surface area contributed by atoms with Crippen molar-refractivity contribution in [3.05, 3.63) is 17.0 Å². The summed E-state index contributed by atoms with van der Waals surface area (Å²) in [5.74, 6) is 0.663. The van der Waals surface area contributed by atoms with Crippen LogP contribution in [0.1, 0.15) is 62.0 Å². The van der Waals surface area contributed by atoms with E-state index >= 15 is 0 Å². The minimum atomic E-state index is 0.507. The Morgan fingerprint density at radius 2 is 2.18 bits per heavy atom. The number of rotatable bonds is 2. The van der Waals surface area contributed by atoms with Gasteiger partial charge in [0.2, 0.25) is 0 Å². The molecule has 0 spiro atoms. The second kappa shape index (κ2) is 4.45. The van der Waals surface area contributed by atoms with Gasteiger partial charge in [-0.25, -0.2) is 0 Å². The number of nitrogens with zero attached hydrogens (tertiary/aromatic N) is 2. The number of hydrogen-bond donors (Lipinski definition) is 1. The number of piperidine rings is 1. The first kappa shape index (κ1) is 11.3. The van der Waals surface area contributed by atoms with Crippen molar-refractivity contribution in [2.75, 3.05) is 13.1 Å². The zero-order valence-electron chi connectivity index (χ0n) is 11.0. The minimum Gasteiger partial charge on any atom is -0.316 e. The van der Waals surface area contributed by atoms with Crippen LogP contribution in [-0.2, 0) is 12.8 Å². The first-order valence-corrected chi connectivity index (χ1v) is 7.08. The molecule has 0 aromatic carbocycles. The van der Waals surface area contributed by atoms with Crippen LogP contribution in [0, 0.1) is 0 Å². The van der Waals surface area contributed by atoms with Crippen molar-refractivity contribution >= 4 is 0 Å². The Morgan fingerprint density at radius 3 is 2.88 bits per heavy atom. The first-order valence-electron chi connectivity index (χ1n) is 7.08. The molecule has 1 aromatic rings. The number of fused-ring (bicyclic) bond motifs is 1. The molecule has 1 aliphatic heterocycles. The summed E-state index contributed by atoms with van der Waals surface area (Å²) in [6, 6.07) is 0.507. The van der Waals surface area contributed by atoms with E-state index in [0.717, 1.165) is 6.54 Å². The third-order valence-electron chi connectivity index (χ3n) is 4.16. The van der Waals surface area contributed by atoms with E-state index in [-0.39, 0.29) is 0 Å². The van der Waals surface area contributed by atoms with Crippen LogP contribution in [-0.4, -0.2) is 22.9 Å². The van der Waals surface area contributed by atoms with Gasteiger partial charge < -0.3 is 5.32 Å². The highest BCUT2D eigenvalue weighted by Crippen LogP contribution is 2.33. The van der Waals surface area contributed by atoms with Crippen LogP contribution in [0.4, 0.5) is 0 Å². The molecule has 1 saturated heterocycles. The third-order valence-corrected chi connectivity index (χ3v) is 4.16. The molecular formula is C14H23N3. The largest absolute Gasteiger partial charge is 0.316 e. The fourth-order valence-corrected chi connectivity index (χ4v) is 3.33. The second-order valence-corrected chi connectivity index (χ2v) is 5.75. The lowest BCUT2D eigenvalue weighted by Crippen LogP contribution is -2.29. The highest BCUT2D eigenvalue weighted by molar-refractivity contribution is 5.33. The molecule has 1 fully saturated rings. The summed E-state index contributed by atoms with van der Waals surface area (Å²) >= 11 is 0. The van der Waals surface area contributed by atoms with Crippen molar-refractivity contribution in [3.8, 4) is 0 Å². The molecule has 0 amide bonds. The van der Waals surface area contributed by atoms with Crippen LogP contribution in [0.5, 0.6) is 0 Å². The Balaban J connectivity index is 1.96. The van der Waals surface area contributed by atoms with E-state index < -0.39 is 0 Å². The van der Waals surface area contributed by atoms with Crippen molar-refractivity contribution in [2.24, 2.45) is 0 Å². The van der Waals surface area contributed by atoms with E-state index in [1.165, 1.54) is 50.0 Å². The maximum atomic E-state index is 4.93. The third kappa shape index (κ3) is 1.90. The first-order chi connectivity index (χ1) is 8.27. The van der Waals surface area contributed by atoms with Crippen molar-refractivity contribution < 1.29 is 0 Å². The van der Waals surface area contributed by atoms with Crippen molar-refractivity contribution in [1.29, 1.82) is 0 Å². The number of aromatic nitrogens is 2. The highest BCUT2D eigenvalue weighted by atomic mass is 15.3. The van der Waals surface area contributed by atoms with Gasteiger partial charge in [0.25, 0.3) is 0 Å². The molecule has 2 heterocycles. The summed E-state index contributed by atoms with van der Waals surface area (Å²) in [7, 11) is 0. The monoisotopic (exact) mass is 233 g/mol. The summed E-state index contributed by atoms with van der Waals surface area (Å²) < 4.78 is 2.28. The van der Waals surface area contributed by atoms with E-state index in [1.54, 1.807) is 5.56 Å². The van der Waals surface area contributed by atoms with Crippen molar-refractivity contribution in [2.45, 2.75) is 57.9 Å². The standard InChI is InChI=1S/C14H23N3/c1-10(2)17-13-7-3-6-12(13)14(16-17)11-5-4-8-15-9-11/h10-11,15H,3-9H2,1-2H3/t11-/m0/s1. The molecule has 3 heteroatoms. The lowest BCUT2D eigenvalue weighted by molar-refractivity contribution is 0.438. The van der Waals surface area contributed by atoms with Gasteiger partial charge in [-0.2, -0.15) is 5.10 Å². The highest BCUT2D eigenvalue weighted by Gasteiger charge is 2.28. The molecule has 0 radical (unpaired) electrons. The van der Waals surface area contributed by atoms with Gasteiger partial charge in [-0.15, -0.1) is 0 Å². The average Bonchev–Trinajstić information content (AvgIpc) is 2.90. The molecule has 2 aliphatic rings. The summed E-state index contributed by atoms with van der Waals surface area (Å²) in [6.45, 7) is 6.80. The molecule has 1 N–H and O–H groups in total. The van der Waals surface area contributed by atoms with Crippen LogP contribution >= 0.6 is 0 Å². The van der Waals surface area contributed by atoms with Crippen LogP contribution in [0.2, 0.25) is 0 Å². The summed E-state index contributed by atoms with van der Waals surface area (Å²) in [5.41, 5.74) is 4.53. The molecule has 1 aromatic heterocycles. The van der Waals surface area contributed by atoms with Crippen LogP contribution in [0.3, 0.4) is 0 Å². The molecule has 3 rings (SSSR count). The Hall–Kier alpha value is -0.830. The fraction of sp³-hybridized carbons (Fsp3) is 0.786. The molecule has 94 valence electrons. The maximum Gasteiger partial charge on any atom is 0.0703 e. The normalized spacial score (nSPS) is 24.3. The van der Waals surface area contributed by atoms with Crippen LogP contribution in [0.25, 0.3) is 0 Å². The Morgan fingerprint density at radius 1 is 1.29 bits per heavy atom. The number of nitrogens with one attached hydrogen (secondary N) is 1. The summed E-state index contributed by atoms with van der Waals surface area (Å²) in [6.07, 6.45) is 6.43. The molecule has 1 aliphatic carbocycles.